The Hall–Kier alpha value is -3.06. The molecule has 2 aromatic carbocycles. The summed E-state index contributed by atoms with van der Waals surface area (Å²) in [5.74, 6) is 0.0428. The Morgan fingerprint density at radius 2 is 2.00 bits per heavy atom. The number of nitrogens with zero attached hydrogens (tertiary/aromatic N) is 2. The molecular weight excluding hydrogens is 382 g/mol. The van der Waals surface area contributed by atoms with Gasteiger partial charge in [-0.2, -0.15) is 5.26 Å². The van der Waals surface area contributed by atoms with E-state index in [-0.39, 0.29) is 17.0 Å². The second-order valence-electron chi connectivity index (χ2n) is 9.06. The first-order valence-corrected chi connectivity index (χ1v) is 11.1. The van der Waals surface area contributed by atoms with Crippen molar-refractivity contribution in [3.8, 4) is 6.07 Å². The third kappa shape index (κ3) is 4.51. The lowest BCUT2D eigenvalue weighted by molar-refractivity contribution is -0.112. The minimum Gasteiger partial charge on any atom is -0.366 e. The summed E-state index contributed by atoms with van der Waals surface area (Å²) < 4.78 is 0. The first kappa shape index (κ1) is 22.6. The molecule has 0 radical (unpaired) electrons. The third-order valence-corrected chi connectivity index (χ3v) is 6.40. The van der Waals surface area contributed by atoms with Crippen molar-refractivity contribution in [2.45, 2.75) is 65.8 Å². The number of hydrogen-bond donors (Lipinski definition) is 1. The number of rotatable bonds is 5. The van der Waals surface area contributed by atoms with Crippen molar-refractivity contribution in [1.29, 1.82) is 5.26 Å². The predicted molar refractivity (Wildman–Crippen MR) is 129 cm³/mol. The molecule has 0 aromatic heterocycles. The normalized spacial score (nSPS) is 17.6. The van der Waals surface area contributed by atoms with E-state index in [0.717, 1.165) is 41.8 Å². The van der Waals surface area contributed by atoms with Crippen LogP contribution in [0.4, 0.5) is 11.4 Å². The fraction of sp³-hybridized carbons (Fsp3) is 0.407. The molecule has 1 unspecified atom stereocenters. The molecule has 1 aliphatic heterocycles. The molecule has 0 aliphatic carbocycles. The summed E-state index contributed by atoms with van der Waals surface area (Å²) in [6.45, 7) is 14.1. The van der Waals surface area contributed by atoms with Gasteiger partial charge in [0, 0.05) is 23.5 Å². The van der Waals surface area contributed by atoms with E-state index in [9.17, 15) is 10.1 Å². The number of amides is 1. The van der Waals surface area contributed by atoms with Crippen molar-refractivity contribution < 1.29 is 4.79 Å². The van der Waals surface area contributed by atoms with Gasteiger partial charge in [0.1, 0.15) is 11.6 Å². The molecule has 31 heavy (non-hydrogen) atoms. The molecule has 0 spiro atoms. The summed E-state index contributed by atoms with van der Waals surface area (Å²) in [5, 5.41) is 12.6. The van der Waals surface area contributed by atoms with Gasteiger partial charge in [0.15, 0.2) is 0 Å². The zero-order chi connectivity index (χ0) is 22.8. The Kier molecular flexibility index (Phi) is 6.55. The summed E-state index contributed by atoms with van der Waals surface area (Å²) in [5.41, 5.74) is 6.57. The Balaban J connectivity index is 1.98. The Morgan fingerprint density at radius 1 is 1.29 bits per heavy atom. The van der Waals surface area contributed by atoms with Gasteiger partial charge >= 0.3 is 0 Å². The van der Waals surface area contributed by atoms with Crippen LogP contribution in [0.15, 0.2) is 42.0 Å². The van der Waals surface area contributed by atoms with Crippen LogP contribution >= 0.6 is 0 Å². The molecule has 1 aliphatic rings. The lowest BCUT2D eigenvalue weighted by Gasteiger charge is -2.47. The highest BCUT2D eigenvalue weighted by atomic mass is 16.1. The summed E-state index contributed by atoms with van der Waals surface area (Å²) in [6, 6.07) is 14.2. The molecule has 0 bridgehead atoms. The first-order valence-electron chi connectivity index (χ1n) is 11.1. The largest absolute Gasteiger partial charge is 0.366 e. The number of fused-ring (bicyclic) bond motifs is 1. The molecule has 4 nitrogen and oxygen atoms in total. The first-order chi connectivity index (χ1) is 14.7. The van der Waals surface area contributed by atoms with Crippen molar-refractivity contribution in [2.75, 3.05) is 16.8 Å². The van der Waals surface area contributed by atoms with Gasteiger partial charge in [0.05, 0.1) is 0 Å². The minimum absolute atomic E-state index is 0.106. The van der Waals surface area contributed by atoms with E-state index in [2.05, 4.69) is 56.1 Å². The number of nitrogens with one attached hydrogen (secondary N) is 1. The average molecular weight is 416 g/mol. The molecule has 0 fully saturated rings. The van der Waals surface area contributed by atoms with Crippen LogP contribution in [0.5, 0.6) is 0 Å². The molecule has 1 heterocycles. The van der Waals surface area contributed by atoms with Crippen LogP contribution in [0.2, 0.25) is 0 Å². The van der Waals surface area contributed by atoms with Crippen LogP contribution in [0.25, 0.3) is 6.08 Å². The van der Waals surface area contributed by atoms with E-state index in [0.29, 0.717) is 5.92 Å². The number of hydrogen-bond acceptors (Lipinski definition) is 3. The minimum atomic E-state index is -0.370. The van der Waals surface area contributed by atoms with Gasteiger partial charge in [-0.25, -0.2) is 0 Å². The van der Waals surface area contributed by atoms with E-state index >= 15 is 0 Å². The predicted octanol–water partition coefficient (Wildman–Crippen LogP) is 6.22. The molecule has 1 amide bonds. The number of benzene rings is 2. The zero-order valence-corrected chi connectivity index (χ0v) is 19.5. The molecule has 1 atom stereocenters. The van der Waals surface area contributed by atoms with Gasteiger partial charge in [-0.3, -0.25) is 4.79 Å². The van der Waals surface area contributed by atoms with Gasteiger partial charge in [-0.15, -0.1) is 0 Å². The number of nitriles is 1. The third-order valence-electron chi connectivity index (χ3n) is 6.40. The smallest absolute Gasteiger partial charge is 0.266 e. The maximum absolute atomic E-state index is 12.9. The summed E-state index contributed by atoms with van der Waals surface area (Å²) in [6.07, 6.45) is 3.61. The lowest BCUT2D eigenvalue weighted by Crippen LogP contribution is -2.48. The fourth-order valence-corrected chi connectivity index (χ4v) is 4.85. The molecular formula is C27H33N3O. The second kappa shape index (κ2) is 8.98. The topological polar surface area (TPSA) is 56.1 Å². The van der Waals surface area contributed by atoms with Crippen molar-refractivity contribution in [3.63, 3.8) is 0 Å². The molecule has 4 heteroatoms. The second-order valence-corrected chi connectivity index (χ2v) is 9.06. The average Bonchev–Trinajstić information content (AvgIpc) is 2.72. The highest BCUT2D eigenvalue weighted by molar-refractivity contribution is 6.10. The number of anilines is 2. The van der Waals surface area contributed by atoms with E-state index in [1.54, 1.807) is 6.08 Å². The van der Waals surface area contributed by atoms with Crippen LogP contribution in [-0.4, -0.2) is 18.0 Å². The number of aryl methyl sites for hydroxylation is 2. The van der Waals surface area contributed by atoms with Gasteiger partial charge in [-0.1, -0.05) is 32.0 Å². The van der Waals surface area contributed by atoms with Crippen LogP contribution in [0.1, 0.15) is 69.2 Å². The van der Waals surface area contributed by atoms with Crippen LogP contribution in [0, 0.1) is 18.3 Å². The number of para-hydroxylation sites is 1. The lowest BCUT2D eigenvalue weighted by atomic mass is 9.79. The maximum atomic E-state index is 12.9. The Bertz CT molecular complexity index is 1060. The van der Waals surface area contributed by atoms with Crippen LogP contribution in [0.3, 0.4) is 0 Å². The Morgan fingerprint density at radius 3 is 2.65 bits per heavy atom. The van der Waals surface area contributed by atoms with Crippen molar-refractivity contribution in [1.82, 2.24) is 0 Å². The van der Waals surface area contributed by atoms with Gasteiger partial charge < -0.3 is 10.2 Å². The molecule has 2 aromatic rings. The molecule has 162 valence electrons. The summed E-state index contributed by atoms with van der Waals surface area (Å²) >= 11 is 0. The monoisotopic (exact) mass is 415 g/mol. The maximum Gasteiger partial charge on any atom is 0.266 e. The molecule has 1 N–H and O–H groups in total. The number of carbonyl (C=O) groups is 1. The van der Waals surface area contributed by atoms with Crippen molar-refractivity contribution >= 4 is 23.4 Å². The van der Waals surface area contributed by atoms with Crippen molar-refractivity contribution in [2.24, 2.45) is 0 Å². The van der Waals surface area contributed by atoms with E-state index in [1.165, 1.54) is 11.3 Å². The molecule has 0 saturated heterocycles. The number of carbonyl (C=O) groups excluding carboxylic acids is 1. The van der Waals surface area contributed by atoms with Gasteiger partial charge in [-0.05, 0) is 93.0 Å². The fourth-order valence-electron chi connectivity index (χ4n) is 4.85. The van der Waals surface area contributed by atoms with E-state index in [4.69, 9.17) is 0 Å². The van der Waals surface area contributed by atoms with Crippen LogP contribution < -0.4 is 10.2 Å². The van der Waals surface area contributed by atoms with Crippen molar-refractivity contribution in [3.05, 3.63) is 64.2 Å². The SMILES string of the molecule is CCc1ccccc1NC(=O)/C(C#N)=C/c1cc2c(cc1C)N(CC)C(C)(C)CC2C. The molecule has 0 saturated carbocycles. The molecule has 3 rings (SSSR count). The van der Waals surface area contributed by atoms with Gasteiger partial charge in [0.2, 0.25) is 0 Å². The van der Waals surface area contributed by atoms with E-state index < -0.39 is 0 Å². The zero-order valence-electron chi connectivity index (χ0n) is 19.5. The summed E-state index contributed by atoms with van der Waals surface area (Å²) in [4.78, 5) is 15.3. The highest BCUT2D eigenvalue weighted by Gasteiger charge is 2.35. The quantitative estimate of drug-likeness (QED) is 0.466. The van der Waals surface area contributed by atoms with Crippen LogP contribution in [-0.2, 0) is 11.2 Å². The highest BCUT2D eigenvalue weighted by Crippen LogP contribution is 2.44. The van der Waals surface area contributed by atoms with E-state index in [1.807, 2.05) is 38.1 Å². The Labute approximate surface area is 186 Å². The van der Waals surface area contributed by atoms with Gasteiger partial charge in [0.25, 0.3) is 5.91 Å². The standard InChI is InChI=1S/C27H33N3O/c1-7-20-11-9-10-12-24(20)29-26(31)22(17-28)14-21-15-23-19(4)16-27(5,6)30(8-2)25(23)13-18(21)3/h9-15,19H,7-8,16H2,1-6H3,(H,29,31)/b22-14+. The summed E-state index contributed by atoms with van der Waals surface area (Å²) in [7, 11) is 0.